The lowest BCUT2D eigenvalue weighted by atomic mass is 10.0. The largest absolute Gasteiger partial charge is 0.472 e. The second-order valence-corrected chi connectivity index (χ2v) is 29.1. The molecule has 0 aromatic rings. The maximum Gasteiger partial charge on any atom is 0.472 e. The number of hydrogen-bond acceptors (Lipinski definition) is 8. The Hall–Kier alpha value is -3.59. The second kappa shape index (κ2) is 82.4. The standard InChI is InChI=1S/C88H156NO8P/c1-3-5-7-9-11-13-15-17-19-21-23-25-27-29-31-33-35-37-39-41-42-43-44-45-47-49-51-53-55-57-59-61-63-65-67-69-71-73-75-77-79-81-88(91)97-86(85-96-98(92,93)95-83-82-89)84-94-87(90)80-78-76-74-72-70-68-66-64-62-60-58-56-54-52-50-48-46-40-38-36-34-32-30-28-26-24-22-20-18-16-14-12-10-8-6-4-2/h5,7,11,13,17,19,23,25,29,31,35,37,41-42,44-45,49,51,55,57,86H,3-4,6,8-10,12,14-16,18,20-22,24,26-28,30,32-34,36,38-40,43,46-48,50,52-54,56,58-85,89H2,1-2H3,(H,92,93)/b7-5-,13-11-,19-17-,25-23-,31-29-,37-35-,42-41-,45-44-,51-49-,57-55-. The molecule has 0 rings (SSSR count). The Morgan fingerprint density at radius 3 is 0.837 bits per heavy atom. The molecule has 2 atom stereocenters. The number of carbonyl (C=O) groups excluding carboxylic acids is 2. The van der Waals surface area contributed by atoms with E-state index in [1.807, 2.05) is 0 Å². The van der Waals surface area contributed by atoms with Crippen LogP contribution >= 0.6 is 7.82 Å². The molecule has 0 spiro atoms. The summed E-state index contributed by atoms with van der Waals surface area (Å²) < 4.78 is 33.3. The van der Waals surface area contributed by atoms with Crippen LogP contribution in [0, 0.1) is 0 Å². The summed E-state index contributed by atoms with van der Waals surface area (Å²) in [7, 11) is -4.40. The van der Waals surface area contributed by atoms with Crippen molar-refractivity contribution in [2.24, 2.45) is 5.73 Å². The summed E-state index contributed by atoms with van der Waals surface area (Å²) in [6.45, 7) is 3.68. The topological polar surface area (TPSA) is 134 Å². The van der Waals surface area contributed by atoms with Gasteiger partial charge in [0.1, 0.15) is 6.61 Å². The fourth-order valence-corrected chi connectivity index (χ4v) is 12.8. The number of esters is 2. The molecule has 3 N–H and O–H groups in total. The number of hydrogen-bond donors (Lipinski definition) is 2. The number of carbonyl (C=O) groups is 2. The van der Waals surface area contributed by atoms with Crippen LogP contribution in [0.5, 0.6) is 0 Å². The number of nitrogens with two attached hydrogens (primary N) is 1. The summed E-state index contributed by atoms with van der Waals surface area (Å²) in [5.74, 6) is -0.821. The van der Waals surface area contributed by atoms with Gasteiger partial charge in [0.15, 0.2) is 6.10 Å². The fourth-order valence-electron chi connectivity index (χ4n) is 12.0. The predicted molar refractivity (Wildman–Crippen MR) is 427 cm³/mol. The molecule has 566 valence electrons. The van der Waals surface area contributed by atoms with E-state index < -0.39 is 26.5 Å². The van der Waals surface area contributed by atoms with Gasteiger partial charge < -0.3 is 20.1 Å². The zero-order chi connectivity index (χ0) is 70.8. The van der Waals surface area contributed by atoms with Crippen LogP contribution < -0.4 is 5.73 Å². The summed E-state index contributed by atoms with van der Waals surface area (Å²) in [6, 6.07) is 0. The first-order chi connectivity index (χ1) is 48.3. The molecule has 0 fully saturated rings. The van der Waals surface area contributed by atoms with E-state index in [1.54, 1.807) is 0 Å². The maximum atomic E-state index is 12.8. The van der Waals surface area contributed by atoms with Gasteiger partial charge in [0.05, 0.1) is 13.2 Å². The zero-order valence-corrected chi connectivity index (χ0v) is 64.9. The monoisotopic (exact) mass is 1390 g/mol. The zero-order valence-electron chi connectivity index (χ0n) is 64.0. The number of unbranched alkanes of at least 4 members (excludes halogenated alkanes) is 45. The van der Waals surface area contributed by atoms with E-state index in [2.05, 4.69) is 135 Å². The summed E-state index contributed by atoms with van der Waals surface area (Å²) in [4.78, 5) is 35.5. The van der Waals surface area contributed by atoms with Gasteiger partial charge in [0.25, 0.3) is 0 Å². The number of phosphoric acid groups is 1. The quantitative estimate of drug-likeness (QED) is 0.0264. The van der Waals surface area contributed by atoms with Gasteiger partial charge in [0, 0.05) is 19.4 Å². The molecule has 9 nitrogen and oxygen atoms in total. The number of rotatable bonds is 78. The average molecular weight is 1390 g/mol. The van der Waals surface area contributed by atoms with Crippen LogP contribution in [0.2, 0.25) is 0 Å². The van der Waals surface area contributed by atoms with Gasteiger partial charge in [-0.2, -0.15) is 0 Å². The number of allylic oxidation sites excluding steroid dienone is 20. The Morgan fingerprint density at radius 2 is 0.561 bits per heavy atom. The van der Waals surface area contributed by atoms with Crippen molar-refractivity contribution < 1.29 is 37.6 Å². The highest BCUT2D eigenvalue weighted by molar-refractivity contribution is 7.47. The van der Waals surface area contributed by atoms with Crippen molar-refractivity contribution in [2.45, 2.75) is 399 Å². The molecule has 0 aliphatic heterocycles. The number of phosphoric ester groups is 1. The summed E-state index contributed by atoms with van der Waals surface area (Å²) >= 11 is 0. The molecule has 98 heavy (non-hydrogen) atoms. The SMILES string of the molecule is CC/C=C\C/C=C\C/C=C\C/C=C\C/C=C\C/C=C\C/C=C\C/C=C\C/C=C\C/C=C\CCCCCCCCCCCCC(=O)OC(COC(=O)CCCCCCCCCCCCCCCCCCCCCCCCCCCCCCCCCCCCCC)COP(=O)(O)OCCN. The van der Waals surface area contributed by atoms with Crippen molar-refractivity contribution in [3.8, 4) is 0 Å². The van der Waals surface area contributed by atoms with E-state index in [4.69, 9.17) is 24.3 Å². The van der Waals surface area contributed by atoms with Crippen LogP contribution in [0.15, 0.2) is 122 Å². The van der Waals surface area contributed by atoms with Crippen molar-refractivity contribution >= 4 is 19.8 Å². The minimum Gasteiger partial charge on any atom is -0.462 e. The van der Waals surface area contributed by atoms with Crippen LogP contribution in [0.1, 0.15) is 393 Å². The van der Waals surface area contributed by atoms with E-state index >= 15 is 0 Å². The van der Waals surface area contributed by atoms with Crippen molar-refractivity contribution in [1.29, 1.82) is 0 Å². The lowest BCUT2D eigenvalue weighted by Gasteiger charge is -2.19. The Kier molecular flexibility index (Phi) is 79.3. The van der Waals surface area contributed by atoms with Gasteiger partial charge in [-0.15, -0.1) is 0 Å². The van der Waals surface area contributed by atoms with Crippen molar-refractivity contribution in [3.63, 3.8) is 0 Å². The molecule has 0 saturated carbocycles. The normalized spacial score (nSPS) is 13.5. The van der Waals surface area contributed by atoms with Crippen LogP contribution in [-0.2, 0) is 32.7 Å². The lowest BCUT2D eigenvalue weighted by molar-refractivity contribution is -0.161. The minimum atomic E-state index is -4.40. The van der Waals surface area contributed by atoms with Gasteiger partial charge >= 0.3 is 19.8 Å². The third-order valence-electron chi connectivity index (χ3n) is 18.1. The van der Waals surface area contributed by atoms with Crippen LogP contribution in [-0.4, -0.2) is 49.3 Å². The maximum absolute atomic E-state index is 12.8. The Bertz CT molecular complexity index is 2030. The molecule has 0 saturated heterocycles. The first-order valence-corrected chi connectivity index (χ1v) is 43.0. The summed E-state index contributed by atoms with van der Waals surface area (Å²) in [5, 5.41) is 0. The number of ether oxygens (including phenoxy) is 2. The highest BCUT2D eigenvalue weighted by Crippen LogP contribution is 2.43. The van der Waals surface area contributed by atoms with E-state index in [-0.39, 0.29) is 38.6 Å². The highest BCUT2D eigenvalue weighted by atomic mass is 31.2. The summed E-state index contributed by atoms with van der Waals surface area (Å²) in [6.07, 6.45) is 116. The minimum absolute atomic E-state index is 0.0497. The molecule has 0 bridgehead atoms. The van der Waals surface area contributed by atoms with Gasteiger partial charge in [0.2, 0.25) is 0 Å². The Labute approximate surface area is 606 Å². The van der Waals surface area contributed by atoms with Crippen molar-refractivity contribution in [2.75, 3.05) is 26.4 Å². The van der Waals surface area contributed by atoms with Crippen LogP contribution in [0.25, 0.3) is 0 Å². The average Bonchev–Trinajstić information content (AvgIpc) is 1.36. The summed E-state index contributed by atoms with van der Waals surface area (Å²) in [5.41, 5.74) is 5.42. The second-order valence-electron chi connectivity index (χ2n) is 27.6. The molecule has 0 amide bonds. The molecule has 10 heteroatoms. The van der Waals surface area contributed by atoms with Crippen molar-refractivity contribution in [3.05, 3.63) is 122 Å². The van der Waals surface area contributed by atoms with Gasteiger partial charge in [-0.25, -0.2) is 4.57 Å². The highest BCUT2D eigenvalue weighted by Gasteiger charge is 2.26. The van der Waals surface area contributed by atoms with E-state index in [9.17, 15) is 19.0 Å². The predicted octanol–water partition coefficient (Wildman–Crippen LogP) is 28.2. The molecule has 0 aliphatic carbocycles. The molecule has 0 heterocycles. The molecule has 2 unspecified atom stereocenters. The van der Waals surface area contributed by atoms with Crippen LogP contribution in [0.3, 0.4) is 0 Å². The molecule has 0 aromatic heterocycles. The first-order valence-electron chi connectivity index (χ1n) is 41.5. The van der Waals surface area contributed by atoms with E-state index in [0.717, 1.165) is 109 Å². The van der Waals surface area contributed by atoms with Gasteiger partial charge in [-0.1, -0.05) is 411 Å². The molecular formula is C88H156NO8P. The molecule has 0 radical (unpaired) electrons. The van der Waals surface area contributed by atoms with Gasteiger partial charge in [-0.3, -0.25) is 18.6 Å². The van der Waals surface area contributed by atoms with Crippen molar-refractivity contribution in [1.82, 2.24) is 0 Å². The lowest BCUT2D eigenvalue weighted by Crippen LogP contribution is -2.29. The Morgan fingerprint density at radius 1 is 0.316 bits per heavy atom. The smallest absolute Gasteiger partial charge is 0.462 e. The first kappa shape index (κ1) is 94.4. The fraction of sp³-hybridized carbons (Fsp3) is 0.750. The van der Waals surface area contributed by atoms with Crippen LogP contribution in [0.4, 0.5) is 0 Å². The molecular weight excluding hydrogens is 1230 g/mol. The van der Waals surface area contributed by atoms with E-state index in [1.165, 1.54) is 250 Å². The van der Waals surface area contributed by atoms with Gasteiger partial charge in [-0.05, 0) is 89.9 Å². The molecule has 0 aliphatic rings. The molecule has 0 aromatic carbocycles. The van der Waals surface area contributed by atoms with E-state index in [0.29, 0.717) is 6.42 Å². The Balaban J connectivity index is 3.84. The third-order valence-corrected chi connectivity index (χ3v) is 19.1. The third kappa shape index (κ3) is 81.4.